The summed E-state index contributed by atoms with van der Waals surface area (Å²) in [7, 11) is 0. The van der Waals surface area contributed by atoms with Gasteiger partial charge in [0.05, 0.1) is 24.3 Å². The van der Waals surface area contributed by atoms with E-state index in [1.807, 2.05) is 13.0 Å². The van der Waals surface area contributed by atoms with Gasteiger partial charge in [0, 0.05) is 0 Å². The number of carbonyl (C=O) groups excluding carboxylic acids is 1. The lowest BCUT2D eigenvalue weighted by atomic mass is 9.96. The monoisotopic (exact) mass is 420 g/mol. The van der Waals surface area contributed by atoms with E-state index in [9.17, 15) is 24.3 Å². The number of nitrogens with zero attached hydrogens (tertiary/aromatic N) is 2. The van der Waals surface area contributed by atoms with Gasteiger partial charge in [0.15, 0.2) is 0 Å². The predicted octanol–water partition coefficient (Wildman–Crippen LogP) is 3.94. The van der Waals surface area contributed by atoms with Crippen LogP contribution in [0.15, 0.2) is 53.3 Å². The summed E-state index contributed by atoms with van der Waals surface area (Å²) < 4.78 is 19.8. The molecule has 0 unspecified atom stereocenters. The van der Waals surface area contributed by atoms with E-state index in [4.69, 9.17) is 4.74 Å². The lowest BCUT2D eigenvalue weighted by Crippen LogP contribution is -2.27. The van der Waals surface area contributed by atoms with Crippen molar-refractivity contribution in [3.8, 4) is 17.7 Å². The zero-order valence-corrected chi connectivity index (χ0v) is 17.2. The van der Waals surface area contributed by atoms with E-state index in [2.05, 4.69) is 0 Å². The SMILES string of the molecule is CCCOc1ccccc1C(=O)c1c(C)c(C#N)c(=O)n(Cc2ccc(F)cc2)c1O. The Hall–Kier alpha value is -3.92. The molecule has 0 saturated heterocycles. The molecule has 1 aromatic heterocycles. The van der Waals surface area contributed by atoms with E-state index >= 15 is 0 Å². The molecule has 0 saturated carbocycles. The maximum Gasteiger partial charge on any atom is 0.271 e. The molecule has 0 spiro atoms. The van der Waals surface area contributed by atoms with Crippen LogP contribution in [0.5, 0.6) is 11.6 Å². The molecule has 158 valence electrons. The maximum absolute atomic E-state index is 13.4. The van der Waals surface area contributed by atoms with Gasteiger partial charge < -0.3 is 9.84 Å². The Bertz CT molecular complexity index is 1220. The van der Waals surface area contributed by atoms with Gasteiger partial charge in [-0.25, -0.2) is 4.39 Å². The van der Waals surface area contributed by atoms with Crippen molar-refractivity contribution in [1.82, 2.24) is 4.57 Å². The summed E-state index contributed by atoms with van der Waals surface area (Å²) in [5.74, 6) is -1.21. The standard InChI is InChI=1S/C24H21FN2O4/c1-3-12-31-20-7-5-4-6-18(20)22(28)21-15(2)19(13-26)23(29)27(24(21)30)14-16-8-10-17(25)11-9-16/h4-11,30H,3,12,14H2,1-2H3. The number of benzene rings is 2. The van der Waals surface area contributed by atoms with Crippen LogP contribution in [0.2, 0.25) is 0 Å². The number of carbonyl (C=O) groups is 1. The van der Waals surface area contributed by atoms with Crippen LogP contribution in [0.25, 0.3) is 0 Å². The highest BCUT2D eigenvalue weighted by atomic mass is 19.1. The number of aromatic nitrogens is 1. The number of ketones is 1. The molecule has 3 rings (SSSR count). The molecule has 0 fully saturated rings. The first-order valence-corrected chi connectivity index (χ1v) is 9.76. The van der Waals surface area contributed by atoms with Crippen molar-refractivity contribution in [2.45, 2.75) is 26.8 Å². The second-order valence-corrected chi connectivity index (χ2v) is 7.00. The van der Waals surface area contributed by atoms with Gasteiger partial charge in [-0.2, -0.15) is 5.26 Å². The number of hydrogen-bond acceptors (Lipinski definition) is 5. The van der Waals surface area contributed by atoms with Crippen molar-refractivity contribution in [1.29, 1.82) is 5.26 Å². The summed E-state index contributed by atoms with van der Waals surface area (Å²) in [6, 6.07) is 13.8. The minimum Gasteiger partial charge on any atom is -0.494 e. The van der Waals surface area contributed by atoms with E-state index in [1.165, 1.54) is 31.2 Å². The van der Waals surface area contributed by atoms with Crippen LogP contribution in [0.3, 0.4) is 0 Å². The van der Waals surface area contributed by atoms with Gasteiger partial charge in [0.25, 0.3) is 5.56 Å². The average molecular weight is 420 g/mol. The number of hydrogen-bond donors (Lipinski definition) is 1. The van der Waals surface area contributed by atoms with Gasteiger partial charge in [-0.1, -0.05) is 31.2 Å². The van der Waals surface area contributed by atoms with Crippen LogP contribution in [-0.4, -0.2) is 22.1 Å². The van der Waals surface area contributed by atoms with Crippen molar-refractivity contribution < 1.29 is 19.0 Å². The topological polar surface area (TPSA) is 92.3 Å². The molecule has 31 heavy (non-hydrogen) atoms. The highest BCUT2D eigenvalue weighted by molar-refractivity contribution is 6.13. The van der Waals surface area contributed by atoms with Gasteiger partial charge in [0.1, 0.15) is 23.2 Å². The Morgan fingerprint density at radius 2 is 1.87 bits per heavy atom. The second kappa shape index (κ2) is 9.26. The van der Waals surface area contributed by atoms with Crippen LogP contribution < -0.4 is 10.3 Å². The van der Waals surface area contributed by atoms with Crippen molar-refractivity contribution in [3.63, 3.8) is 0 Å². The molecule has 0 aliphatic rings. The number of rotatable bonds is 7. The first-order chi connectivity index (χ1) is 14.9. The molecule has 3 aromatic rings. The van der Waals surface area contributed by atoms with Crippen LogP contribution >= 0.6 is 0 Å². The quantitative estimate of drug-likeness (QED) is 0.585. The van der Waals surface area contributed by atoms with E-state index in [-0.39, 0.29) is 28.8 Å². The van der Waals surface area contributed by atoms with Crippen molar-refractivity contribution in [2.24, 2.45) is 0 Å². The Labute approximate surface area is 178 Å². The fourth-order valence-corrected chi connectivity index (χ4v) is 3.27. The summed E-state index contributed by atoms with van der Waals surface area (Å²) in [5, 5.41) is 20.4. The Kier molecular flexibility index (Phi) is 6.51. The Morgan fingerprint density at radius 3 is 2.52 bits per heavy atom. The molecule has 0 atom stereocenters. The molecule has 2 aromatic carbocycles. The predicted molar refractivity (Wildman–Crippen MR) is 113 cm³/mol. The number of pyridine rings is 1. The third kappa shape index (κ3) is 4.33. The summed E-state index contributed by atoms with van der Waals surface area (Å²) in [5.41, 5.74) is -0.285. The van der Waals surface area contributed by atoms with Gasteiger partial charge in [0.2, 0.25) is 11.7 Å². The molecular weight excluding hydrogens is 399 g/mol. The molecule has 1 N–H and O–H groups in total. The van der Waals surface area contributed by atoms with Gasteiger partial charge in [-0.3, -0.25) is 14.2 Å². The van der Waals surface area contributed by atoms with Crippen molar-refractivity contribution in [2.75, 3.05) is 6.61 Å². The van der Waals surface area contributed by atoms with E-state index in [1.54, 1.807) is 24.3 Å². The number of nitriles is 1. The number of halogens is 1. The number of ether oxygens (including phenoxy) is 1. The lowest BCUT2D eigenvalue weighted by Gasteiger charge is -2.17. The number of para-hydroxylation sites is 1. The summed E-state index contributed by atoms with van der Waals surface area (Å²) in [6.45, 7) is 3.66. The van der Waals surface area contributed by atoms with Gasteiger partial charge >= 0.3 is 0 Å². The Balaban J connectivity index is 2.17. The van der Waals surface area contributed by atoms with Crippen LogP contribution in [0.1, 0.15) is 46.0 Å². The first kappa shape index (κ1) is 21.8. The van der Waals surface area contributed by atoms with Crippen LogP contribution in [0.4, 0.5) is 4.39 Å². The van der Waals surface area contributed by atoms with Gasteiger partial charge in [-0.15, -0.1) is 0 Å². The fourth-order valence-electron chi connectivity index (χ4n) is 3.27. The minimum absolute atomic E-state index is 0.0932. The van der Waals surface area contributed by atoms with E-state index < -0.39 is 23.0 Å². The van der Waals surface area contributed by atoms with E-state index in [0.717, 1.165) is 11.0 Å². The summed E-state index contributed by atoms with van der Waals surface area (Å²) in [4.78, 5) is 26.2. The average Bonchev–Trinajstić information content (AvgIpc) is 2.77. The largest absolute Gasteiger partial charge is 0.494 e. The van der Waals surface area contributed by atoms with Crippen LogP contribution in [0, 0.1) is 24.1 Å². The minimum atomic E-state index is -0.728. The Morgan fingerprint density at radius 1 is 1.19 bits per heavy atom. The zero-order valence-electron chi connectivity index (χ0n) is 17.2. The zero-order chi connectivity index (χ0) is 22.5. The van der Waals surface area contributed by atoms with E-state index in [0.29, 0.717) is 17.9 Å². The number of aromatic hydroxyl groups is 1. The summed E-state index contributed by atoms with van der Waals surface area (Å²) in [6.07, 6.45) is 0.744. The van der Waals surface area contributed by atoms with Gasteiger partial charge in [-0.05, 0) is 48.7 Å². The fraction of sp³-hybridized carbons (Fsp3) is 0.208. The molecule has 0 aliphatic carbocycles. The molecule has 7 heteroatoms. The normalized spacial score (nSPS) is 10.5. The second-order valence-electron chi connectivity index (χ2n) is 7.00. The molecule has 0 aliphatic heterocycles. The lowest BCUT2D eigenvalue weighted by molar-refractivity contribution is 0.103. The molecule has 0 bridgehead atoms. The third-order valence-electron chi connectivity index (χ3n) is 4.87. The smallest absolute Gasteiger partial charge is 0.271 e. The molecule has 0 amide bonds. The molecule has 6 nitrogen and oxygen atoms in total. The first-order valence-electron chi connectivity index (χ1n) is 9.76. The summed E-state index contributed by atoms with van der Waals surface area (Å²) >= 11 is 0. The maximum atomic E-state index is 13.4. The van der Waals surface area contributed by atoms with Crippen LogP contribution in [-0.2, 0) is 6.54 Å². The van der Waals surface area contributed by atoms with Crippen molar-refractivity contribution >= 4 is 5.78 Å². The van der Waals surface area contributed by atoms with Crippen molar-refractivity contribution in [3.05, 3.63) is 92.5 Å². The molecule has 1 heterocycles. The highest BCUT2D eigenvalue weighted by Crippen LogP contribution is 2.29. The molecular formula is C24H21FN2O4. The highest BCUT2D eigenvalue weighted by Gasteiger charge is 2.26. The molecule has 0 radical (unpaired) electrons. The third-order valence-corrected chi connectivity index (χ3v) is 4.87.